The molecule has 2 N–H and O–H groups in total. The Bertz CT molecular complexity index is 552. The zero-order valence-electron chi connectivity index (χ0n) is 12.5. The molecule has 0 fully saturated rings. The first-order chi connectivity index (χ1) is 9.86. The fraction of sp³-hybridized carbons (Fsp3) is 0.533. The Morgan fingerprint density at radius 3 is 2.43 bits per heavy atom. The van der Waals surface area contributed by atoms with Crippen LogP contribution in [0.1, 0.15) is 38.7 Å². The van der Waals surface area contributed by atoms with Crippen molar-refractivity contribution in [3.05, 3.63) is 29.8 Å². The van der Waals surface area contributed by atoms with E-state index in [0.717, 1.165) is 18.4 Å². The average Bonchev–Trinajstić information content (AvgIpc) is 2.44. The van der Waals surface area contributed by atoms with Crippen molar-refractivity contribution in [2.24, 2.45) is 5.92 Å². The van der Waals surface area contributed by atoms with E-state index in [-0.39, 0.29) is 11.4 Å². The molecule has 1 atom stereocenters. The molecular weight excluding hydrogens is 290 g/mol. The number of rotatable bonds is 9. The van der Waals surface area contributed by atoms with Crippen molar-refractivity contribution >= 4 is 16.0 Å². The van der Waals surface area contributed by atoms with Gasteiger partial charge in [0.05, 0.1) is 10.8 Å². The van der Waals surface area contributed by atoms with Gasteiger partial charge in [-0.25, -0.2) is 13.1 Å². The van der Waals surface area contributed by atoms with Crippen LogP contribution in [0, 0.1) is 5.92 Å². The van der Waals surface area contributed by atoms with E-state index in [1.54, 1.807) is 19.1 Å². The van der Waals surface area contributed by atoms with E-state index in [2.05, 4.69) is 11.6 Å². The predicted molar refractivity (Wildman–Crippen MR) is 81.7 cm³/mol. The smallest absolute Gasteiger partial charge is 0.306 e. The lowest BCUT2D eigenvalue weighted by molar-refractivity contribution is -0.141. The zero-order valence-corrected chi connectivity index (χ0v) is 13.3. The summed E-state index contributed by atoms with van der Waals surface area (Å²) in [6.45, 7) is 3.93. The largest absolute Gasteiger partial charge is 0.481 e. The van der Waals surface area contributed by atoms with Gasteiger partial charge in [0.2, 0.25) is 10.0 Å². The van der Waals surface area contributed by atoms with E-state index in [0.29, 0.717) is 12.8 Å². The van der Waals surface area contributed by atoms with Crippen molar-refractivity contribution in [2.75, 3.05) is 6.54 Å². The molecule has 0 aromatic heterocycles. The van der Waals surface area contributed by atoms with Crippen molar-refractivity contribution in [2.45, 2.75) is 44.4 Å². The number of benzene rings is 1. The van der Waals surface area contributed by atoms with E-state index >= 15 is 0 Å². The first-order valence-electron chi connectivity index (χ1n) is 7.18. The van der Waals surface area contributed by atoms with Gasteiger partial charge in [-0.15, -0.1) is 0 Å². The Morgan fingerprint density at radius 1 is 1.29 bits per heavy atom. The minimum absolute atomic E-state index is 0.244. The number of hydrogen-bond donors (Lipinski definition) is 2. The van der Waals surface area contributed by atoms with E-state index in [1.807, 2.05) is 12.1 Å². The van der Waals surface area contributed by atoms with Gasteiger partial charge in [-0.1, -0.05) is 32.4 Å². The van der Waals surface area contributed by atoms with Crippen LogP contribution in [0.25, 0.3) is 0 Å². The van der Waals surface area contributed by atoms with Gasteiger partial charge in [0.1, 0.15) is 0 Å². The fourth-order valence-corrected chi connectivity index (χ4v) is 3.02. The standard InChI is InChI=1S/C15H23NO4S/c1-3-5-13-7-9-14(10-8-13)21(19,20)16-11-4-6-12(2)15(17)18/h7-10,12,16H,3-6,11H2,1-2H3,(H,17,18). The molecule has 1 aromatic rings. The van der Waals surface area contributed by atoms with Gasteiger partial charge in [0.25, 0.3) is 0 Å². The molecule has 1 unspecified atom stereocenters. The second-order valence-electron chi connectivity index (χ2n) is 5.17. The molecule has 1 rings (SSSR count). The second-order valence-corrected chi connectivity index (χ2v) is 6.94. The molecule has 0 heterocycles. The molecular formula is C15H23NO4S. The van der Waals surface area contributed by atoms with Crippen LogP contribution in [-0.4, -0.2) is 26.0 Å². The third kappa shape index (κ3) is 5.85. The Labute approximate surface area is 126 Å². The second kappa shape index (κ2) is 8.14. The highest BCUT2D eigenvalue weighted by atomic mass is 32.2. The Hall–Kier alpha value is -1.40. The van der Waals surface area contributed by atoms with E-state index in [1.165, 1.54) is 0 Å². The lowest BCUT2D eigenvalue weighted by atomic mass is 10.1. The third-order valence-corrected chi connectivity index (χ3v) is 4.78. The van der Waals surface area contributed by atoms with Gasteiger partial charge in [0.15, 0.2) is 0 Å². The maximum absolute atomic E-state index is 12.1. The highest BCUT2D eigenvalue weighted by Crippen LogP contribution is 2.12. The van der Waals surface area contributed by atoms with E-state index in [9.17, 15) is 13.2 Å². The van der Waals surface area contributed by atoms with Crippen molar-refractivity contribution in [1.82, 2.24) is 4.72 Å². The van der Waals surface area contributed by atoms with Crippen LogP contribution in [0.15, 0.2) is 29.2 Å². The van der Waals surface area contributed by atoms with Crippen LogP contribution in [0.4, 0.5) is 0 Å². The number of carboxylic acid groups (broad SMARTS) is 1. The molecule has 0 saturated carbocycles. The van der Waals surface area contributed by atoms with Gasteiger partial charge in [-0.3, -0.25) is 4.79 Å². The van der Waals surface area contributed by atoms with Crippen LogP contribution in [0.5, 0.6) is 0 Å². The lowest BCUT2D eigenvalue weighted by Gasteiger charge is -2.09. The minimum Gasteiger partial charge on any atom is -0.481 e. The monoisotopic (exact) mass is 313 g/mol. The minimum atomic E-state index is -3.51. The molecule has 0 bridgehead atoms. The number of carboxylic acids is 1. The zero-order chi connectivity index (χ0) is 15.9. The predicted octanol–water partition coefficient (Wildman–Crippen LogP) is 2.42. The Balaban J connectivity index is 2.51. The van der Waals surface area contributed by atoms with E-state index in [4.69, 9.17) is 5.11 Å². The highest BCUT2D eigenvalue weighted by Gasteiger charge is 2.14. The molecule has 0 spiro atoms. The number of aryl methyl sites for hydroxylation is 1. The summed E-state index contributed by atoms with van der Waals surface area (Å²) in [4.78, 5) is 10.9. The maximum atomic E-state index is 12.1. The number of carbonyl (C=O) groups is 1. The van der Waals surface area contributed by atoms with Crippen LogP contribution in [0.3, 0.4) is 0 Å². The van der Waals surface area contributed by atoms with Gasteiger partial charge in [0, 0.05) is 6.54 Å². The van der Waals surface area contributed by atoms with Gasteiger partial charge in [-0.2, -0.15) is 0 Å². The molecule has 0 aliphatic rings. The summed E-state index contributed by atoms with van der Waals surface area (Å²) in [7, 11) is -3.51. The average molecular weight is 313 g/mol. The summed E-state index contributed by atoms with van der Waals surface area (Å²) >= 11 is 0. The number of sulfonamides is 1. The molecule has 0 aliphatic carbocycles. The van der Waals surface area contributed by atoms with Crippen LogP contribution < -0.4 is 4.72 Å². The molecule has 21 heavy (non-hydrogen) atoms. The quantitative estimate of drug-likeness (QED) is 0.686. The summed E-state index contributed by atoms with van der Waals surface area (Å²) in [6.07, 6.45) is 2.90. The fourth-order valence-electron chi connectivity index (χ4n) is 1.95. The molecule has 0 radical (unpaired) electrons. The van der Waals surface area contributed by atoms with Crippen LogP contribution in [0.2, 0.25) is 0 Å². The molecule has 1 aromatic carbocycles. The molecule has 118 valence electrons. The normalized spacial score (nSPS) is 13.0. The Kier molecular flexibility index (Phi) is 6.84. The van der Waals surface area contributed by atoms with Crippen molar-refractivity contribution in [1.29, 1.82) is 0 Å². The molecule has 0 amide bonds. The van der Waals surface area contributed by atoms with Crippen LogP contribution >= 0.6 is 0 Å². The number of nitrogens with one attached hydrogen (secondary N) is 1. The van der Waals surface area contributed by atoms with Crippen molar-refractivity contribution in [3.63, 3.8) is 0 Å². The first-order valence-corrected chi connectivity index (χ1v) is 8.66. The summed E-state index contributed by atoms with van der Waals surface area (Å²) in [5, 5.41) is 8.75. The summed E-state index contributed by atoms with van der Waals surface area (Å²) in [5.41, 5.74) is 1.12. The SMILES string of the molecule is CCCc1ccc(S(=O)(=O)NCCCC(C)C(=O)O)cc1. The molecule has 0 aliphatic heterocycles. The summed E-state index contributed by atoms with van der Waals surface area (Å²) in [5.74, 6) is -1.31. The topological polar surface area (TPSA) is 83.5 Å². The molecule has 6 heteroatoms. The van der Waals surface area contributed by atoms with Crippen LogP contribution in [-0.2, 0) is 21.2 Å². The first kappa shape index (κ1) is 17.7. The van der Waals surface area contributed by atoms with Crippen molar-refractivity contribution in [3.8, 4) is 0 Å². The lowest BCUT2D eigenvalue weighted by Crippen LogP contribution is -2.25. The van der Waals surface area contributed by atoms with Gasteiger partial charge in [-0.05, 0) is 37.0 Å². The number of aliphatic carboxylic acids is 1. The van der Waals surface area contributed by atoms with Crippen molar-refractivity contribution < 1.29 is 18.3 Å². The number of hydrogen-bond acceptors (Lipinski definition) is 3. The van der Waals surface area contributed by atoms with E-state index < -0.39 is 21.9 Å². The van der Waals surface area contributed by atoms with Gasteiger partial charge >= 0.3 is 5.97 Å². The summed E-state index contributed by atoms with van der Waals surface area (Å²) < 4.78 is 26.6. The van der Waals surface area contributed by atoms with Gasteiger partial charge < -0.3 is 5.11 Å². The maximum Gasteiger partial charge on any atom is 0.306 e. The molecule has 0 saturated heterocycles. The molecule has 5 nitrogen and oxygen atoms in total. The highest BCUT2D eigenvalue weighted by molar-refractivity contribution is 7.89. The third-order valence-electron chi connectivity index (χ3n) is 3.30. The summed E-state index contributed by atoms with van der Waals surface area (Å²) in [6, 6.07) is 6.86. The Morgan fingerprint density at radius 2 is 1.90 bits per heavy atom.